The molecule has 1 amide bonds. The molecule has 2 rings (SSSR count). The van der Waals surface area contributed by atoms with Gasteiger partial charge < -0.3 is 9.88 Å². The summed E-state index contributed by atoms with van der Waals surface area (Å²) in [5.74, 6) is -0.129. The lowest BCUT2D eigenvalue weighted by Crippen LogP contribution is -2.15. The van der Waals surface area contributed by atoms with E-state index in [9.17, 15) is 4.79 Å². The number of carbonyl (C=O) groups is 1. The molecule has 76 valence electrons. The third-order valence-electron chi connectivity index (χ3n) is 2.10. The fraction of sp³-hybridized carbons (Fsp3) is 0.0909. The standard InChI is InChI=1S/C11H11N3O/c1-14-7-3-5-10(14)11(15)13-9-4-2-6-12-8-9/h2-8H,1H3,(H,13,15). The van der Waals surface area contributed by atoms with E-state index in [2.05, 4.69) is 10.3 Å². The van der Waals surface area contributed by atoms with Crippen LogP contribution in [-0.4, -0.2) is 15.5 Å². The van der Waals surface area contributed by atoms with Crippen molar-refractivity contribution in [1.82, 2.24) is 9.55 Å². The molecule has 0 radical (unpaired) electrons. The van der Waals surface area contributed by atoms with E-state index >= 15 is 0 Å². The molecule has 2 aromatic rings. The second-order valence-corrected chi connectivity index (χ2v) is 3.20. The molecule has 0 atom stereocenters. The number of aryl methyl sites for hydroxylation is 1. The number of nitrogens with zero attached hydrogens (tertiary/aromatic N) is 2. The second-order valence-electron chi connectivity index (χ2n) is 3.20. The van der Waals surface area contributed by atoms with E-state index in [0.717, 1.165) is 0 Å². The number of hydrogen-bond donors (Lipinski definition) is 1. The number of aromatic nitrogens is 2. The van der Waals surface area contributed by atoms with Crippen molar-refractivity contribution in [3.63, 3.8) is 0 Å². The first-order valence-electron chi connectivity index (χ1n) is 4.60. The molecule has 15 heavy (non-hydrogen) atoms. The van der Waals surface area contributed by atoms with Gasteiger partial charge >= 0.3 is 0 Å². The zero-order valence-electron chi connectivity index (χ0n) is 8.34. The van der Waals surface area contributed by atoms with Crippen LogP contribution in [0, 0.1) is 0 Å². The normalized spacial score (nSPS) is 9.93. The van der Waals surface area contributed by atoms with Crippen LogP contribution in [0.2, 0.25) is 0 Å². The maximum absolute atomic E-state index is 11.7. The molecule has 0 aromatic carbocycles. The Kier molecular flexibility index (Phi) is 2.49. The first-order valence-corrected chi connectivity index (χ1v) is 4.60. The zero-order valence-corrected chi connectivity index (χ0v) is 8.34. The predicted octanol–water partition coefficient (Wildman–Crippen LogP) is 1.67. The van der Waals surface area contributed by atoms with Crippen molar-refractivity contribution >= 4 is 11.6 Å². The fourth-order valence-electron chi connectivity index (χ4n) is 1.33. The van der Waals surface area contributed by atoms with E-state index in [1.54, 1.807) is 35.2 Å². The van der Waals surface area contributed by atoms with Crippen LogP contribution in [0.3, 0.4) is 0 Å². The Morgan fingerprint density at radius 2 is 2.27 bits per heavy atom. The number of amides is 1. The predicted molar refractivity (Wildman–Crippen MR) is 57.6 cm³/mol. The van der Waals surface area contributed by atoms with Gasteiger partial charge in [0, 0.05) is 19.4 Å². The summed E-state index contributed by atoms with van der Waals surface area (Å²) < 4.78 is 1.77. The van der Waals surface area contributed by atoms with Crippen LogP contribution in [0.1, 0.15) is 10.5 Å². The highest BCUT2D eigenvalue weighted by Crippen LogP contribution is 2.06. The monoisotopic (exact) mass is 201 g/mol. The zero-order chi connectivity index (χ0) is 10.7. The van der Waals surface area contributed by atoms with E-state index in [0.29, 0.717) is 11.4 Å². The van der Waals surface area contributed by atoms with Crippen LogP contribution in [0.15, 0.2) is 42.9 Å². The Morgan fingerprint density at radius 1 is 1.40 bits per heavy atom. The van der Waals surface area contributed by atoms with Crippen LogP contribution < -0.4 is 5.32 Å². The number of rotatable bonds is 2. The van der Waals surface area contributed by atoms with Crippen molar-refractivity contribution in [2.45, 2.75) is 0 Å². The van der Waals surface area contributed by atoms with Gasteiger partial charge in [-0.1, -0.05) is 0 Å². The molecule has 2 heterocycles. The maximum Gasteiger partial charge on any atom is 0.272 e. The molecular formula is C11H11N3O. The molecule has 0 fully saturated rings. The lowest BCUT2D eigenvalue weighted by atomic mass is 10.3. The van der Waals surface area contributed by atoms with Gasteiger partial charge in [0.05, 0.1) is 11.9 Å². The molecule has 4 heteroatoms. The summed E-state index contributed by atoms with van der Waals surface area (Å²) in [5.41, 5.74) is 1.32. The Morgan fingerprint density at radius 3 is 2.87 bits per heavy atom. The SMILES string of the molecule is Cn1cccc1C(=O)Nc1cccnc1. The van der Waals surface area contributed by atoms with Crippen LogP contribution in [0.5, 0.6) is 0 Å². The third kappa shape index (κ3) is 2.04. The smallest absolute Gasteiger partial charge is 0.272 e. The highest BCUT2D eigenvalue weighted by atomic mass is 16.1. The number of pyridine rings is 1. The molecule has 1 N–H and O–H groups in total. The van der Waals surface area contributed by atoms with E-state index in [4.69, 9.17) is 0 Å². The molecule has 0 aliphatic heterocycles. The van der Waals surface area contributed by atoms with E-state index in [1.807, 2.05) is 19.3 Å². The van der Waals surface area contributed by atoms with Crippen LogP contribution in [-0.2, 0) is 7.05 Å². The Bertz CT molecular complexity index is 462. The van der Waals surface area contributed by atoms with E-state index in [1.165, 1.54) is 0 Å². The van der Waals surface area contributed by atoms with E-state index in [-0.39, 0.29) is 5.91 Å². The first kappa shape index (κ1) is 9.45. The summed E-state index contributed by atoms with van der Waals surface area (Å²) in [7, 11) is 1.83. The summed E-state index contributed by atoms with van der Waals surface area (Å²) in [5, 5.41) is 2.76. The minimum atomic E-state index is -0.129. The maximum atomic E-state index is 11.7. The lowest BCUT2D eigenvalue weighted by molar-refractivity contribution is 0.101. The molecule has 0 unspecified atom stereocenters. The summed E-state index contributed by atoms with van der Waals surface area (Å²) in [4.78, 5) is 15.7. The highest BCUT2D eigenvalue weighted by Gasteiger charge is 2.08. The van der Waals surface area contributed by atoms with Crippen molar-refractivity contribution in [2.75, 3.05) is 5.32 Å². The van der Waals surface area contributed by atoms with Gasteiger partial charge in [0.25, 0.3) is 5.91 Å². The van der Waals surface area contributed by atoms with Gasteiger partial charge in [-0.2, -0.15) is 0 Å². The number of carbonyl (C=O) groups excluding carboxylic acids is 1. The second kappa shape index (κ2) is 3.96. The van der Waals surface area contributed by atoms with E-state index < -0.39 is 0 Å². The van der Waals surface area contributed by atoms with Crippen LogP contribution in [0.4, 0.5) is 5.69 Å². The van der Waals surface area contributed by atoms with Gasteiger partial charge in [-0.05, 0) is 24.3 Å². The van der Waals surface area contributed by atoms with Gasteiger partial charge in [-0.3, -0.25) is 9.78 Å². The number of nitrogens with one attached hydrogen (secondary N) is 1. The lowest BCUT2D eigenvalue weighted by Gasteiger charge is -2.04. The van der Waals surface area contributed by atoms with Crippen LogP contribution in [0.25, 0.3) is 0 Å². The quantitative estimate of drug-likeness (QED) is 0.803. The Hall–Kier alpha value is -2.10. The van der Waals surface area contributed by atoms with Gasteiger partial charge in [0.15, 0.2) is 0 Å². The summed E-state index contributed by atoms with van der Waals surface area (Å²) >= 11 is 0. The molecular weight excluding hydrogens is 190 g/mol. The Labute approximate surface area is 87.6 Å². The van der Waals surface area contributed by atoms with Gasteiger partial charge in [0.2, 0.25) is 0 Å². The number of anilines is 1. The first-order chi connectivity index (χ1) is 7.27. The molecule has 0 spiro atoms. The van der Waals surface area contributed by atoms with Gasteiger partial charge in [0.1, 0.15) is 5.69 Å². The molecule has 0 saturated heterocycles. The van der Waals surface area contributed by atoms with Crippen LogP contribution >= 0.6 is 0 Å². The minimum absolute atomic E-state index is 0.129. The molecule has 0 aliphatic rings. The van der Waals surface area contributed by atoms with Gasteiger partial charge in [-0.25, -0.2) is 0 Å². The topological polar surface area (TPSA) is 46.9 Å². The van der Waals surface area contributed by atoms with Gasteiger partial charge in [-0.15, -0.1) is 0 Å². The molecule has 0 aliphatic carbocycles. The van der Waals surface area contributed by atoms with Crippen molar-refractivity contribution in [2.24, 2.45) is 7.05 Å². The summed E-state index contributed by atoms with van der Waals surface area (Å²) in [6.07, 6.45) is 5.11. The molecule has 2 aromatic heterocycles. The summed E-state index contributed by atoms with van der Waals surface area (Å²) in [6, 6.07) is 7.18. The van der Waals surface area contributed by atoms with Crippen molar-refractivity contribution in [3.05, 3.63) is 48.5 Å². The fourth-order valence-corrected chi connectivity index (χ4v) is 1.33. The Balaban J connectivity index is 2.15. The summed E-state index contributed by atoms with van der Waals surface area (Å²) in [6.45, 7) is 0. The molecule has 0 saturated carbocycles. The largest absolute Gasteiger partial charge is 0.347 e. The molecule has 0 bridgehead atoms. The molecule has 4 nitrogen and oxygen atoms in total. The highest BCUT2D eigenvalue weighted by molar-refractivity contribution is 6.03. The average molecular weight is 201 g/mol. The number of hydrogen-bond acceptors (Lipinski definition) is 2. The van der Waals surface area contributed by atoms with Crippen molar-refractivity contribution in [1.29, 1.82) is 0 Å². The third-order valence-corrected chi connectivity index (χ3v) is 2.10. The minimum Gasteiger partial charge on any atom is -0.347 e. The average Bonchev–Trinajstić information content (AvgIpc) is 2.66. The van der Waals surface area contributed by atoms with Crippen molar-refractivity contribution < 1.29 is 4.79 Å². The van der Waals surface area contributed by atoms with Crippen molar-refractivity contribution in [3.8, 4) is 0 Å².